The number of ketones is 1. The second-order valence-electron chi connectivity index (χ2n) is 6.51. The number of nitrogens with zero attached hydrogens (tertiary/aromatic N) is 3. The van der Waals surface area contributed by atoms with E-state index in [2.05, 4.69) is 4.79 Å². The molecule has 1 fully saturated rings. The Labute approximate surface area is 163 Å². The van der Waals surface area contributed by atoms with Crippen LogP contribution in [0.2, 0.25) is 0 Å². The minimum absolute atomic E-state index is 0.112. The van der Waals surface area contributed by atoms with E-state index in [9.17, 15) is 9.59 Å². The molecule has 0 radical (unpaired) electrons. The number of hydrogen-bond acceptors (Lipinski definition) is 4. The van der Waals surface area contributed by atoms with E-state index in [1.165, 1.54) is 4.90 Å². The molecule has 0 aliphatic carbocycles. The van der Waals surface area contributed by atoms with Crippen molar-refractivity contribution in [1.82, 2.24) is 4.90 Å². The highest BCUT2D eigenvalue weighted by molar-refractivity contribution is 6.28. The summed E-state index contributed by atoms with van der Waals surface area (Å²) in [4.78, 5) is 28.9. The molecule has 0 aromatic heterocycles. The first-order valence-electron chi connectivity index (χ1n) is 9.01. The molecule has 1 saturated heterocycles. The predicted molar refractivity (Wildman–Crippen MR) is 101 cm³/mol. The Morgan fingerprint density at radius 1 is 1.04 bits per heavy atom. The summed E-state index contributed by atoms with van der Waals surface area (Å²) in [5.74, 6) is -0.468. The third-order valence-corrected chi connectivity index (χ3v) is 4.54. The number of ether oxygens (including phenoxy) is 2. The number of hydrogen-bond donors (Lipinski definition) is 0. The summed E-state index contributed by atoms with van der Waals surface area (Å²) in [6.07, 6.45) is 0.213. The number of carbonyl (C=O) groups excluding carboxylic acids is 2. The lowest BCUT2D eigenvalue weighted by Crippen LogP contribution is -2.41. The SMILES string of the molecule is [N-]=[N+]=CC(=O)[C@@H]1C[C@@H](OCc2ccccc2)CN1C(=O)OCc1ccccc1. The molecule has 2 aromatic carbocycles. The summed E-state index contributed by atoms with van der Waals surface area (Å²) < 4.78 is 11.2. The van der Waals surface area contributed by atoms with Gasteiger partial charge >= 0.3 is 12.3 Å². The van der Waals surface area contributed by atoms with Crippen LogP contribution in [0.4, 0.5) is 4.79 Å². The van der Waals surface area contributed by atoms with Crippen molar-refractivity contribution in [3.05, 3.63) is 77.3 Å². The molecule has 7 nitrogen and oxygen atoms in total. The van der Waals surface area contributed by atoms with Crippen molar-refractivity contribution in [3.8, 4) is 0 Å². The third kappa shape index (κ3) is 5.13. The zero-order valence-electron chi connectivity index (χ0n) is 15.3. The van der Waals surface area contributed by atoms with Crippen LogP contribution in [0.1, 0.15) is 17.5 Å². The van der Waals surface area contributed by atoms with Gasteiger partial charge in [0, 0.05) is 6.42 Å². The maximum atomic E-state index is 12.5. The number of likely N-dealkylation sites (tertiary alicyclic amines) is 1. The molecule has 28 heavy (non-hydrogen) atoms. The van der Waals surface area contributed by atoms with Crippen LogP contribution in [0.3, 0.4) is 0 Å². The van der Waals surface area contributed by atoms with Gasteiger partial charge in [0.2, 0.25) is 0 Å². The number of Topliss-reactive ketones (excluding diaryl/α,β-unsaturated/α-hetero) is 1. The van der Waals surface area contributed by atoms with Gasteiger partial charge in [0.15, 0.2) is 0 Å². The first-order chi connectivity index (χ1) is 13.7. The minimum atomic E-state index is -0.778. The Morgan fingerprint density at radius 3 is 2.25 bits per heavy atom. The van der Waals surface area contributed by atoms with Gasteiger partial charge in [-0.3, -0.25) is 9.69 Å². The first-order valence-corrected chi connectivity index (χ1v) is 9.01. The summed E-state index contributed by atoms with van der Waals surface area (Å²) in [6.45, 7) is 0.726. The van der Waals surface area contributed by atoms with Crippen molar-refractivity contribution in [1.29, 1.82) is 0 Å². The summed E-state index contributed by atoms with van der Waals surface area (Å²) in [6, 6.07) is 18.2. The van der Waals surface area contributed by atoms with E-state index in [1.54, 1.807) is 0 Å². The van der Waals surface area contributed by atoms with Gasteiger partial charge in [0.25, 0.3) is 5.78 Å². The van der Waals surface area contributed by atoms with Crippen LogP contribution in [-0.2, 0) is 27.5 Å². The van der Waals surface area contributed by atoms with Gasteiger partial charge < -0.3 is 15.0 Å². The molecule has 0 spiro atoms. The first kappa shape index (κ1) is 19.5. The largest absolute Gasteiger partial charge is 0.445 e. The van der Waals surface area contributed by atoms with Gasteiger partial charge in [0.1, 0.15) is 12.6 Å². The number of rotatable bonds is 7. The quantitative estimate of drug-likeness (QED) is 0.420. The van der Waals surface area contributed by atoms with Gasteiger partial charge in [-0.05, 0) is 11.1 Å². The van der Waals surface area contributed by atoms with Crippen molar-refractivity contribution < 1.29 is 23.9 Å². The van der Waals surface area contributed by atoms with E-state index in [-0.39, 0.29) is 19.3 Å². The van der Waals surface area contributed by atoms with Gasteiger partial charge in [-0.2, -0.15) is 4.79 Å². The van der Waals surface area contributed by atoms with Gasteiger partial charge in [-0.15, -0.1) is 0 Å². The van der Waals surface area contributed by atoms with E-state index in [4.69, 9.17) is 15.0 Å². The molecule has 2 aromatic rings. The molecule has 0 N–H and O–H groups in total. The molecular weight excluding hydrogens is 358 g/mol. The summed E-state index contributed by atoms with van der Waals surface area (Å²) in [5, 5.41) is 0. The molecule has 1 aliphatic heterocycles. The topological polar surface area (TPSA) is 92.2 Å². The fourth-order valence-corrected chi connectivity index (χ4v) is 3.12. The molecule has 0 unspecified atom stereocenters. The average Bonchev–Trinajstić information content (AvgIpc) is 3.17. The smallest absolute Gasteiger partial charge is 0.410 e. The highest BCUT2D eigenvalue weighted by atomic mass is 16.6. The highest BCUT2D eigenvalue weighted by Gasteiger charge is 2.41. The van der Waals surface area contributed by atoms with Crippen molar-refractivity contribution >= 4 is 18.1 Å². The second kappa shape index (κ2) is 9.60. The predicted octanol–water partition coefficient (Wildman–Crippen LogP) is 2.85. The van der Waals surface area contributed by atoms with Crippen LogP contribution >= 0.6 is 0 Å². The Hall–Kier alpha value is -3.28. The monoisotopic (exact) mass is 379 g/mol. The zero-order chi connectivity index (χ0) is 19.8. The second-order valence-corrected chi connectivity index (χ2v) is 6.51. The third-order valence-electron chi connectivity index (χ3n) is 4.54. The lowest BCUT2D eigenvalue weighted by atomic mass is 10.1. The van der Waals surface area contributed by atoms with Gasteiger partial charge in [-0.25, -0.2) is 4.79 Å². The zero-order valence-corrected chi connectivity index (χ0v) is 15.3. The summed E-state index contributed by atoms with van der Waals surface area (Å²) in [7, 11) is 0. The molecule has 144 valence electrons. The van der Waals surface area contributed by atoms with E-state index in [0.29, 0.717) is 13.0 Å². The van der Waals surface area contributed by atoms with Crippen LogP contribution in [0, 0.1) is 0 Å². The Bertz CT molecular complexity index is 850. The fraction of sp³-hybridized carbons (Fsp3) is 0.286. The van der Waals surface area contributed by atoms with Crippen LogP contribution < -0.4 is 0 Å². The molecule has 1 heterocycles. The van der Waals surface area contributed by atoms with E-state index < -0.39 is 17.9 Å². The fourth-order valence-electron chi connectivity index (χ4n) is 3.12. The Kier molecular flexibility index (Phi) is 6.68. The lowest BCUT2D eigenvalue weighted by molar-refractivity contribution is -0.119. The standard InChI is InChI=1S/C21H21N3O4/c22-23-12-20(25)19-11-18(27-14-16-7-3-1-4-8-16)13-24(19)21(26)28-15-17-9-5-2-6-10-17/h1-10,12,18-19H,11,13-15H2/t18-,19+/m1/s1. The lowest BCUT2D eigenvalue weighted by Gasteiger charge is -2.20. The molecular formula is C21H21N3O4. The molecule has 2 atom stereocenters. The maximum absolute atomic E-state index is 12.5. The average molecular weight is 379 g/mol. The van der Waals surface area contributed by atoms with Gasteiger partial charge in [0.05, 0.1) is 19.3 Å². The van der Waals surface area contributed by atoms with Crippen LogP contribution in [0.5, 0.6) is 0 Å². The summed E-state index contributed by atoms with van der Waals surface area (Å²) in [5.41, 5.74) is 10.5. The molecule has 0 bridgehead atoms. The highest BCUT2D eigenvalue weighted by Crippen LogP contribution is 2.23. The number of carbonyl (C=O) groups is 2. The van der Waals surface area contributed by atoms with Crippen molar-refractivity contribution in [2.75, 3.05) is 6.54 Å². The minimum Gasteiger partial charge on any atom is -0.445 e. The molecule has 7 heteroatoms. The van der Waals surface area contributed by atoms with Crippen LogP contribution in [-0.4, -0.2) is 46.5 Å². The maximum Gasteiger partial charge on any atom is 0.410 e. The normalized spacial score (nSPS) is 18.4. The van der Waals surface area contributed by atoms with E-state index in [0.717, 1.165) is 17.3 Å². The van der Waals surface area contributed by atoms with E-state index >= 15 is 0 Å². The number of benzene rings is 2. The van der Waals surface area contributed by atoms with Crippen molar-refractivity contribution in [2.24, 2.45) is 0 Å². The van der Waals surface area contributed by atoms with Gasteiger partial charge in [-0.1, -0.05) is 60.7 Å². The Morgan fingerprint density at radius 2 is 1.64 bits per heavy atom. The molecule has 3 rings (SSSR count). The Balaban J connectivity index is 1.63. The molecule has 1 aliphatic rings. The van der Waals surface area contributed by atoms with Crippen LogP contribution in [0.25, 0.3) is 5.53 Å². The van der Waals surface area contributed by atoms with E-state index in [1.807, 2.05) is 60.7 Å². The van der Waals surface area contributed by atoms with Crippen LogP contribution in [0.15, 0.2) is 60.7 Å². The molecule has 1 amide bonds. The number of amides is 1. The van der Waals surface area contributed by atoms with Crippen molar-refractivity contribution in [2.45, 2.75) is 31.8 Å². The summed E-state index contributed by atoms with van der Waals surface area (Å²) >= 11 is 0. The van der Waals surface area contributed by atoms with Crippen molar-refractivity contribution in [3.63, 3.8) is 0 Å². The molecule has 0 saturated carbocycles.